The van der Waals surface area contributed by atoms with Gasteiger partial charge >= 0.3 is 0 Å². The smallest absolute Gasteiger partial charge is 0.270 e. The molecule has 0 fully saturated rings. The topological polar surface area (TPSA) is 64.9 Å². The van der Waals surface area contributed by atoms with E-state index in [4.69, 9.17) is 11.5 Å². The molecule has 0 radical (unpaired) electrons. The van der Waals surface area contributed by atoms with Crippen LogP contribution in [0.2, 0.25) is 0 Å². The van der Waals surface area contributed by atoms with Crippen molar-refractivity contribution >= 4 is 5.82 Å². The van der Waals surface area contributed by atoms with Crippen molar-refractivity contribution in [3.8, 4) is 0 Å². The van der Waals surface area contributed by atoms with Crippen LogP contribution in [0.25, 0.3) is 0 Å². The average Bonchev–Trinajstić information content (AvgIpc) is 2.04. The first-order chi connectivity index (χ1) is 6.07. The van der Waals surface area contributed by atoms with E-state index >= 15 is 0 Å². The normalized spacial score (nSPS) is 10.8. The second-order valence-corrected chi connectivity index (χ2v) is 2.40. The van der Waals surface area contributed by atoms with Crippen molar-refractivity contribution < 1.29 is 13.2 Å². The minimum Gasteiger partial charge on any atom is -0.383 e. The molecule has 0 amide bonds. The molecule has 6 heteroatoms. The number of pyridine rings is 1. The molecule has 0 bridgehead atoms. The molecule has 0 saturated carbocycles. The second-order valence-electron chi connectivity index (χ2n) is 2.40. The van der Waals surface area contributed by atoms with Crippen molar-refractivity contribution in [2.45, 2.75) is 13.0 Å². The summed E-state index contributed by atoms with van der Waals surface area (Å²) in [4.78, 5) is 3.41. The summed E-state index contributed by atoms with van der Waals surface area (Å²) in [5, 5.41) is 0. The van der Waals surface area contributed by atoms with Gasteiger partial charge in [0.2, 0.25) is 0 Å². The summed E-state index contributed by atoms with van der Waals surface area (Å²) in [5.74, 6) is -1.56. The number of nitrogens with two attached hydrogens (primary N) is 2. The molecule has 1 heterocycles. The monoisotopic (exact) mass is 191 g/mol. The molecule has 1 rings (SSSR count). The molecular formula is C7H8F3N3. The Kier molecular flexibility index (Phi) is 2.72. The second kappa shape index (κ2) is 3.61. The largest absolute Gasteiger partial charge is 0.383 e. The zero-order chi connectivity index (χ0) is 10.0. The first kappa shape index (κ1) is 9.79. The van der Waals surface area contributed by atoms with Gasteiger partial charge in [-0.3, -0.25) is 0 Å². The van der Waals surface area contributed by atoms with Crippen LogP contribution < -0.4 is 11.5 Å². The molecule has 0 saturated heterocycles. The van der Waals surface area contributed by atoms with Crippen LogP contribution in [0.15, 0.2) is 6.20 Å². The number of alkyl halides is 2. The van der Waals surface area contributed by atoms with Crippen molar-refractivity contribution in [3.05, 3.63) is 23.1 Å². The quantitative estimate of drug-likeness (QED) is 0.738. The summed E-state index contributed by atoms with van der Waals surface area (Å²) in [6.07, 6.45) is -1.92. The number of rotatable bonds is 2. The van der Waals surface area contributed by atoms with Gasteiger partial charge < -0.3 is 11.5 Å². The minimum absolute atomic E-state index is 0.0653. The third kappa shape index (κ3) is 1.72. The highest BCUT2D eigenvalue weighted by molar-refractivity contribution is 5.43. The minimum atomic E-state index is -2.97. The first-order valence-electron chi connectivity index (χ1n) is 3.49. The lowest BCUT2D eigenvalue weighted by atomic mass is 10.1. The van der Waals surface area contributed by atoms with Crippen molar-refractivity contribution in [1.82, 2.24) is 4.98 Å². The van der Waals surface area contributed by atoms with Crippen molar-refractivity contribution in [3.63, 3.8) is 0 Å². The molecule has 4 N–H and O–H groups in total. The van der Waals surface area contributed by atoms with Crippen LogP contribution in [-0.2, 0) is 6.54 Å². The summed E-state index contributed by atoms with van der Waals surface area (Å²) in [6.45, 7) is -0.182. The van der Waals surface area contributed by atoms with Crippen molar-refractivity contribution in [2.75, 3.05) is 5.73 Å². The molecule has 0 atom stereocenters. The molecule has 0 aliphatic rings. The highest BCUT2D eigenvalue weighted by atomic mass is 19.3. The van der Waals surface area contributed by atoms with Crippen LogP contribution in [0.3, 0.4) is 0 Å². The van der Waals surface area contributed by atoms with Gasteiger partial charge in [0.25, 0.3) is 6.43 Å². The highest BCUT2D eigenvalue weighted by Gasteiger charge is 2.20. The Labute approximate surface area is 72.6 Å². The van der Waals surface area contributed by atoms with Crippen LogP contribution >= 0.6 is 0 Å². The highest BCUT2D eigenvalue weighted by Crippen LogP contribution is 2.27. The van der Waals surface area contributed by atoms with Crippen molar-refractivity contribution in [2.24, 2.45) is 5.73 Å². The predicted octanol–water partition coefficient (Wildman–Crippen LogP) is 1.20. The van der Waals surface area contributed by atoms with E-state index in [-0.39, 0.29) is 12.1 Å². The lowest BCUT2D eigenvalue weighted by Crippen LogP contribution is -2.08. The van der Waals surface area contributed by atoms with Gasteiger partial charge in [-0.15, -0.1) is 0 Å². The van der Waals surface area contributed by atoms with Gasteiger partial charge in [0.1, 0.15) is 11.6 Å². The predicted molar refractivity (Wildman–Crippen MR) is 41.5 cm³/mol. The fourth-order valence-electron chi connectivity index (χ4n) is 0.909. The van der Waals surface area contributed by atoms with Crippen LogP contribution in [0, 0.1) is 5.82 Å². The third-order valence-corrected chi connectivity index (χ3v) is 1.59. The molecule has 0 aliphatic heterocycles. The summed E-state index contributed by atoms with van der Waals surface area (Å²) < 4.78 is 37.5. The van der Waals surface area contributed by atoms with Gasteiger partial charge in [-0.1, -0.05) is 0 Å². The lowest BCUT2D eigenvalue weighted by Gasteiger charge is -2.07. The Bertz CT molecular complexity index is 314. The maximum atomic E-state index is 13.1. The van der Waals surface area contributed by atoms with E-state index in [9.17, 15) is 13.2 Å². The molecule has 0 spiro atoms. The van der Waals surface area contributed by atoms with Gasteiger partial charge in [-0.05, 0) is 0 Å². The zero-order valence-electron chi connectivity index (χ0n) is 6.60. The van der Waals surface area contributed by atoms with Crippen LogP contribution in [0.4, 0.5) is 19.0 Å². The number of aromatic nitrogens is 1. The summed E-state index contributed by atoms with van der Waals surface area (Å²) in [6, 6.07) is 0. The van der Waals surface area contributed by atoms with E-state index in [1.807, 2.05) is 0 Å². The molecule has 0 aromatic carbocycles. The van der Waals surface area contributed by atoms with E-state index in [0.29, 0.717) is 0 Å². The van der Waals surface area contributed by atoms with Gasteiger partial charge in [-0.25, -0.2) is 18.2 Å². The molecule has 1 aromatic rings. The number of hydrogen-bond acceptors (Lipinski definition) is 3. The van der Waals surface area contributed by atoms with E-state index in [0.717, 1.165) is 6.20 Å². The van der Waals surface area contributed by atoms with Crippen LogP contribution in [0.1, 0.15) is 17.6 Å². The maximum absolute atomic E-state index is 13.1. The Hall–Kier alpha value is -1.30. The van der Waals surface area contributed by atoms with Gasteiger partial charge in [0.15, 0.2) is 0 Å². The van der Waals surface area contributed by atoms with Gasteiger partial charge in [0.05, 0.1) is 5.56 Å². The molecule has 3 nitrogen and oxygen atoms in total. The standard InChI is InChI=1S/C7H8F3N3/c8-5-3(1-11)2-13-7(12)4(5)6(9)10/h2,6H,1,11H2,(H2,12,13). The number of halogens is 3. The van der Waals surface area contributed by atoms with E-state index in [2.05, 4.69) is 4.98 Å². The molecule has 1 aromatic heterocycles. The van der Waals surface area contributed by atoms with E-state index in [1.54, 1.807) is 0 Å². The Morgan fingerprint density at radius 1 is 1.46 bits per heavy atom. The fraction of sp³-hybridized carbons (Fsp3) is 0.286. The van der Waals surface area contributed by atoms with Gasteiger partial charge in [0, 0.05) is 18.3 Å². The van der Waals surface area contributed by atoms with E-state index in [1.165, 1.54) is 0 Å². The lowest BCUT2D eigenvalue weighted by molar-refractivity contribution is 0.146. The summed E-state index contributed by atoms with van der Waals surface area (Å²) in [7, 11) is 0. The number of hydrogen-bond donors (Lipinski definition) is 2. The Morgan fingerprint density at radius 3 is 2.54 bits per heavy atom. The number of nitrogens with zero attached hydrogens (tertiary/aromatic N) is 1. The number of nitrogen functional groups attached to an aromatic ring is 1. The Balaban J connectivity index is 3.30. The van der Waals surface area contributed by atoms with Crippen LogP contribution in [0.5, 0.6) is 0 Å². The average molecular weight is 191 g/mol. The molecule has 0 aliphatic carbocycles. The summed E-state index contributed by atoms with van der Waals surface area (Å²) >= 11 is 0. The molecule has 72 valence electrons. The van der Waals surface area contributed by atoms with Crippen molar-refractivity contribution in [1.29, 1.82) is 0 Å². The van der Waals surface area contributed by atoms with Gasteiger partial charge in [-0.2, -0.15) is 0 Å². The first-order valence-corrected chi connectivity index (χ1v) is 3.49. The van der Waals surface area contributed by atoms with Crippen LogP contribution in [-0.4, -0.2) is 4.98 Å². The fourth-order valence-corrected chi connectivity index (χ4v) is 0.909. The number of anilines is 1. The maximum Gasteiger partial charge on any atom is 0.270 e. The molecule has 0 unspecified atom stereocenters. The Morgan fingerprint density at radius 2 is 2.08 bits per heavy atom. The molecular weight excluding hydrogens is 183 g/mol. The zero-order valence-corrected chi connectivity index (χ0v) is 6.60. The van der Waals surface area contributed by atoms with E-state index < -0.39 is 23.6 Å². The summed E-state index contributed by atoms with van der Waals surface area (Å²) in [5.41, 5.74) is 9.24. The third-order valence-electron chi connectivity index (χ3n) is 1.59. The molecule has 13 heavy (non-hydrogen) atoms. The SMILES string of the molecule is NCc1cnc(N)c(C(F)F)c1F.